The SMILES string of the molecule is CC1CCN(c2ccc3c(=O)c(C(=O)N[C@@H](C)C(F)(F)F)cn(-c4c(F)cc(F)cc4Cl)c3n2)C1=O. The number of aromatic nitrogens is 2. The number of pyridine rings is 2. The van der Waals surface area contributed by atoms with Gasteiger partial charge in [-0.2, -0.15) is 13.2 Å². The van der Waals surface area contributed by atoms with Crippen molar-refractivity contribution in [2.75, 3.05) is 11.4 Å². The number of hydrogen-bond acceptors (Lipinski definition) is 4. The highest BCUT2D eigenvalue weighted by Crippen LogP contribution is 2.30. The van der Waals surface area contributed by atoms with Crippen molar-refractivity contribution < 1.29 is 31.5 Å². The van der Waals surface area contributed by atoms with Crippen molar-refractivity contribution >= 4 is 40.3 Å². The number of halogens is 6. The Kier molecular flexibility index (Phi) is 6.50. The number of amides is 2. The second kappa shape index (κ2) is 9.16. The maximum atomic E-state index is 14.9. The van der Waals surface area contributed by atoms with Gasteiger partial charge in [-0.1, -0.05) is 18.5 Å². The summed E-state index contributed by atoms with van der Waals surface area (Å²) in [6.45, 7) is 2.76. The summed E-state index contributed by atoms with van der Waals surface area (Å²) < 4.78 is 68.4. The van der Waals surface area contributed by atoms with Crippen LogP contribution in [-0.4, -0.2) is 40.1 Å². The molecule has 1 fully saturated rings. The summed E-state index contributed by atoms with van der Waals surface area (Å²) in [5.74, 6) is -3.92. The highest BCUT2D eigenvalue weighted by atomic mass is 35.5. The lowest BCUT2D eigenvalue weighted by molar-refractivity contribution is -0.149. The molecule has 1 aromatic carbocycles. The van der Waals surface area contributed by atoms with E-state index in [0.717, 1.165) is 16.8 Å². The van der Waals surface area contributed by atoms with Gasteiger partial charge in [-0.15, -0.1) is 0 Å². The number of anilines is 1. The molecular formula is C23H18ClF5N4O3. The van der Waals surface area contributed by atoms with E-state index in [1.54, 1.807) is 12.2 Å². The minimum absolute atomic E-state index is 0.131. The molecule has 0 aliphatic carbocycles. The molecule has 7 nitrogen and oxygen atoms in total. The van der Waals surface area contributed by atoms with Crippen molar-refractivity contribution in [3.8, 4) is 5.69 Å². The third-order valence-electron chi connectivity index (χ3n) is 5.89. The first-order valence-electron chi connectivity index (χ1n) is 10.7. The first kappa shape index (κ1) is 25.5. The zero-order chi connectivity index (χ0) is 26.5. The predicted molar refractivity (Wildman–Crippen MR) is 121 cm³/mol. The summed E-state index contributed by atoms with van der Waals surface area (Å²) in [6.07, 6.45) is -3.44. The normalized spacial score (nSPS) is 17.1. The molecule has 1 unspecified atom stereocenters. The lowest BCUT2D eigenvalue weighted by atomic mass is 10.1. The monoisotopic (exact) mass is 528 g/mol. The number of nitrogens with zero attached hydrogens (tertiary/aromatic N) is 3. The predicted octanol–water partition coefficient (Wildman–Crippen LogP) is 4.37. The third-order valence-corrected chi connectivity index (χ3v) is 6.18. The summed E-state index contributed by atoms with van der Waals surface area (Å²) in [4.78, 5) is 43.9. The van der Waals surface area contributed by atoms with E-state index in [4.69, 9.17) is 11.6 Å². The highest BCUT2D eigenvalue weighted by Gasteiger charge is 2.38. The zero-order valence-corrected chi connectivity index (χ0v) is 19.5. The van der Waals surface area contributed by atoms with Gasteiger partial charge in [-0.05, 0) is 31.5 Å². The summed E-state index contributed by atoms with van der Waals surface area (Å²) in [5.41, 5.74) is -2.46. The number of benzene rings is 1. The largest absolute Gasteiger partial charge is 0.408 e. The maximum absolute atomic E-state index is 14.9. The van der Waals surface area contributed by atoms with Crippen LogP contribution in [0.25, 0.3) is 16.7 Å². The molecule has 36 heavy (non-hydrogen) atoms. The third kappa shape index (κ3) is 4.52. The van der Waals surface area contributed by atoms with E-state index in [2.05, 4.69) is 4.98 Å². The van der Waals surface area contributed by atoms with Crippen molar-refractivity contribution in [3.63, 3.8) is 0 Å². The molecule has 3 heterocycles. The van der Waals surface area contributed by atoms with Crippen LogP contribution in [0.1, 0.15) is 30.6 Å². The van der Waals surface area contributed by atoms with E-state index < -0.39 is 51.5 Å². The van der Waals surface area contributed by atoms with Crippen LogP contribution < -0.4 is 15.6 Å². The average molecular weight is 529 g/mol. The molecule has 1 aliphatic heterocycles. The number of rotatable bonds is 4. The van der Waals surface area contributed by atoms with E-state index in [-0.39, 0.29) is 28.7 Å². The number of carbonyl (C=O) groups excluding carboxylic acids is 2. The van der Waals surface area contributed by atoms with Crippen molar-refractivity contribution in [2.24, 2.45) is 5.92 Å². The van der Waals surface area contributed by atoms with Gasteiger partial charge < -0.3 is 5.32 Å². The van der Waals surface area contributed by atoms with Crippen LogP contribution in [0.4, 0.5) is 27.8 Å². The molecular weight excluding hydrogens is 511 g/mol. The smallest absolute Gasteiger partial charge is 0.340 e. The molecule has 0 radical (unpaired) electrons. The molecule has 2 amide bonds. The fraction of sp³-hybridized carbons (Fsp3) is 0.304. The lowest BCUT2D eigenvalue weighted by Gasteiger charge is -2.20. The van der Waals surface area contributed by atoms with Crippen LogP contribution in [0.5, 0.6) is 0 Å². The Hall–Kier alpha value is -3.54. The van der Waals surface area contributed by atoms with Crippen LogP contribution >= 0.6 is 11.6 Å². The Balaban J connectivity index is 1.97. The van der Waals surface area contributed by atoms with Gasteiger partial charge in [0.05, 0.1) is 10.4 Å². The van der Waals surface area contributed by atoms with Crippen LogP contribution in [0.15, 0.2) is 35.3 Å². The van der Waals surface area contributed by atoms with Gasteiger partial charge in [-0.3, -0.25) is 23.9 Å². The fourth-order valence-corrected chi connectivity index (χ4v) is 4.13. The standard InChI is InChI=1S/C23H18ClF5N4O3/c1-10-5-6-32(22(10)36)17-4-3-13-19(34)14(21(35)30-11(2)23(27,28)29)9-33(20(13)31-17)18-15(24)7-12(25)8-16(18)26/h3-4,7-11H,5-6H2,1-2H3,(H,30,35)/t10?,11-/m0/s1. The first-order chi connectivity index (χ1) is 16.8. The van der Waals surface area contributed by atoms with E-state index in [0.29, 0.717) is 26.0 Å². The maximum Gasteiger partial charge on any atom is 0.408 e. The number of alkyl halides is 3. The molecule has 13 heteroatoms. The first-order valence-corrected chi connectivity index (χ1v) is 11.1. The van der Waals surface area contributed by atoms with Gasteiger partial charge in [0.2, 0.25) is 11.3 Å². The van der Waals surface area contributed by atoms with E-state index >= 15 is 0 Å². The molecule has 0 saturated carbocycles. The van der Waals surface area contributed by atoms with Crippen molar-refractivity contribution in [3.05, 3.63) is 62.9 Å². The van der Waals surface area contributed by atoms with Gasteiger partial charge in [0.15, 0.2) is 11.5 Å². The van der Waals surface area contributed by atoms with Crippen molar-refractivity contribution in [1.82, 2.24) is 14.9 Å². The second-order valence-electron chi connectivity index (χ2n) is 8.42. The highest BCUT2D eigenvalue weighted by molar-refractivity contribution is 6.32. The fourth-order valence-electron chi connectivity index (χ4n) is 3.85. The number of nitrogens with one attached hydrogen (secondary N) is 1. The topological polar surface area (TPSA) is 84.3 Å². The van der Waals surface area contributed by atoms with Crippen LogP contribution in [0.3, 0.4) is 0 Å². The summed E-state index contributed by atoms with van der Waals surface area (Å²) in [6, 6.07) is 1.57. The number of fused-ring (bicyclic) bond motifs is 1. The zero-order valence-electron chi connectivity index (χ0n) is 18.8. The van der Waals surface area contributed by atoms with Crippen LogP contribution in [0.2, 0.25) is 5.02 Å². The van der Waals surface area contributed by atoms with Crippen molar-refractivity contribution in [2.45, 2.75) is 32.5 Å². The lowest BCUT2D eigenvalue weighted by Crippen LogP contribution is -2.44. The van der Waals surface area contributed by atoms with Gasteiger partial charge in [0.1, 0.15) is 28.9 Å². The van der Waals surface area contributed by atoms with E-state index in [1.165, 1.54) is 17.0 Å². The average Bonchev–Trinajstić information content (AvgIpc) is 3.11. The van der Waals surface area contributed by atoms with Crippen molar-refractivity contribution in [1.29, 1.82) is 0 Å². The molecule has 4 rings (SSSR count). The Morgan fingerprint density at radius 3 is 2.50 bits per heavy atom. The number of carbonyl (C=O) groups is 2. The Bertz CT molecular complexity index is 1430. The summed E-state index contributed by atoms with van der Waals surface area (Å²) in [7, 11) is 0. The molecule has 2 aromatic heterocycles. The Morgan fingerprint density at radius 2 is 1.92 bits per heavy atom. The summed E-state index contributed by atoms with van der Waals surface area (Å²) >= 11 is 6.07. The minimum atomic E-state index is -4.78. The molecule has 3 aromatic rings. The van der Waals surface area contributed by atoms with Gasteiger partial charge >= 0.3 is 6.18 Å². The van der Waals surface area contributed by atoms with Crippen LogP contribution in [-0.2, 0) is 4.79 Å². The quantitative estimate of drug-likeness (QED) is 0.510. The van der Waals surface area contributed by atoms with Gasteiger partial charge in [-0.25, -0.2) is 13.8 Å². The molecule has 190 valence electrons. The second-order valence-corrected chi connectivity index (χ2v) is 8.82. The van der Waals surface area contributed by atoms with E-state index in [1.807, 2.05) is 0 Å². The molecule has 1 aliphatic rings. The molecule has 2 atom stereocenters. The minimum Gasteiger partial charge on any atom is -0.340 e. The Labute approximate surface area is 205 Å². The number of hydrogen-bond donors (Lipinski definition) is 1. The van der Waals surface area contributed by atoms with Gasteiger partial charge in [0.25, 0.3) is 5.91 Å². The molecule has 1 saturated heterocycles. The molecule has 0 spiro atoms. The van der Waals surface area contributed by atoms with Gasteiger partial charge in [0, 0.05) is 24.7 Å². The van der Waals surface area contributed by atoms with Crippen LogP contribution in [0, 0.1) is 17.6 Å². The molecule has 1 N–H and O–H groups in total. The Morgan fingerprint density at radius 1 is 1.22 bits per heavy atom. The summed E-state index contributed by atoms with van der Waals surface area (Å²) in [5, 5.41) is 0.976. The van der Waals surface area contributed by atoms with E-state index in [9.17, 15) is 36.3 Å². The molecule has 0 bridgehead atoms.